The second-order valence-electron chi connectivity index (χ2n) is 11.8. The number of azide groups is 1. The Hall–Kier alpha value is -3.31. The van der Waals surface area contributed by atoms with Crippen molar-refractivity contribution >= 4 is 55.2 Å². The molecule has 4 rings (SSSR count). The van der Waals surface area contributed by atoms with Crippen LogP contribution < -0.4 is 17.2 Å². The zero-order chi connectivity index (χ0) is 34.1. The van der Waals surface area contributed by atoms with E-state index >= 15 is 0 Å². The lowest BCUT2D eigenvalue weighted by molar-refractivity contribution is -0.137. The number of carbonyl (C=O) groups is 1. The number of morpholine rings is 4. The monoisotopic (exact) mass is 647 g/mol. The van der Waals surface area contributed by atoms with Crippen LogP contribution >= 0.6 is 0 Å². The average molecular weight is 647 g/mol. The second kappa shape index (κ2) is 17.2. The first kappa shape index (κ1) is 36.5. The number of hydrogen-bond donors (Lipinski definition) is 3. The Labute approximate surface area is 280 Å². The Morgan fingerprint density at radius 2 is 0.915 bits per heavy atom. The number of aliphatic imine (C=N–C) groups is 3. The number of nitrogens with two attached hydrogens (primary N) is 3. The number of rotatable bonds is 8. The van der Waals surface area contributed by atoms with Crippen molar-refractivity contribution in [2.24, 2.45) is 37.3 Å². The Morgan fingerprint density at radius 3 is 1.23 bits per heavy atom. The van der Waals surface area contributed by atoms with Gasteiger partial charge in [-0.15, -0.1) is 0 Å². The summed E-state index contributed by atoms with van der Waals surface area (Å²) >= 11 is 0. The van der Waals surface area contributed by atoms with Crippen LogP contribution in [0.4, 0.5) is 0 Å². The Morgan fingerprint density at radius 1 is 0.617 bits per heavy atom. The largest absolute Gasteiger partial charge is 0.381 e. The van der Waals surface area contributed by atoms with Gasteiger partial charge in [-0.2, -0.15) is 0 Å². The molecule has 0 aromatic carbocycles. The van der Waals surface area contributed by atoms with Crippen LogP contribution in [0.15, 0.2) is 20.1 Å². The summed E-state index contributed by atoms with van der Waals surface area (Å²) in [5.74, 6) is 0.725. The fourth-order valence-electron chi connectivity index (χ4n) is 5.72. The van der Waals surface area contributed by atoms with Crippen LogP contribution in [0.3, 0.4) is 0 Å². The van der Waals surface area contributed by atoms with Crippen LogP contribution in [-0.4, -0.2) is 202 Å². The van der Waals surface area contributed by atoms with Gasteiger partial charge in [-0.05, 0) is 5.53 Å². The number of carbonyl (C=O) groups excluding carboxylic acids is 1. The van der Waals surface area contributed by atoms with Gasteiger partial charge >= 0.3 is 0 Å². The van der Waals surface area contributed by atoms with Crippen molar-refractivity contribution in [2.75, 3.05) is 78.5 Å². The highest BCUT2D eigenvalue weighted by molar-refractivity contribution is 6.12. The minimum atomic E-state index is -0.625. The lowest BCUT2D eigenvalue weighted by Crippen LogP contribution is -2.55. The van der Waals surface area contributed by atoms with Gasteiger partial charge < -0.3 is 55.7 Å². The summed E-state index contributed by atoms with van der Waals surface area (Å²) in [5.41, 5.74) is 27.5. The maximum Gasteiger partial charge on any atom is 0.219 e. The molecule has 0 spiro atoms. The normalized spacial score (nSPS) is 33.0. The number of ether oxygens (including phenoxy) is 4. The summed E-state index contributed by atoms with van der Waals surface area (Å²) in [7, 11) is 24.2. The van der Waals surface area contributed by atoms with E-state index < -0.39 is 42.3 Å². The van der Waals surface area contributed by atoms with Gasteiger partial charge in [0.1, 0.15) is 31.4 Å². The lowest BCUT2D eigenvalue weighted by atomic mass is 9.97. The first-order valence-corrected chi connectivity index (χ1v) is 15.4. The molecule has 0 aliphatic carbocycles. The SMILES string of the molecule is [B]C1CN(C(C)=O)CC(CN=C(N)N2CC([B])OC(CN=C(N)N3CC([B])OC(CN=C(N)N4CC([B])OC(CN=[N+]=[N-])C4)C3)C2)O1. The molecule has 1 amide bonds. The van der Waals surface area contributed by atoms with Gasteiger partial charge in [0.2, 0.25) is 5.91 Å². The molecule has 47 heavy (non-hydrogen) atoms. The Bertz CT molecular complexity index is 1210. The third-order valence-corrected chi connectivity index (χ3v) is 7.90. The highest BCUT2D eigenvalue weighted by Crippen LogP contribution is 2.15. The summed E-state index contributed by atoms with van der Waals surface area (Å²) in [5, 5.41) is 3.55. The van der Waals surface area contributed by atoms with Crippen molar-refractivity contribution in [1.29, 1.82) is 0 Å². The van der Waals surface area contributed by atoms with E-state index in [2.05, 4.69) is 25.0 Å². The minimum Gasteiger partial charge on any atom is -0.381 e. The maximum atomic E-state index is 11.8. The maximum absolute atomic E-state index is 11.8. The van der Waals surface area contributed by atoms with Crippen molar-refractivity contribution in [3.8, 4) is 0 Å². The molecule has 0 aromatic heterocycles. The highest BCUT2D eigenvalue weighted by Gasteiger charge is 2.31. The fraction of sp³-hybridized carbons (Fsp3) is 0.840. The van der Waals surface area contributed by atoms with Gasteiger partial charge in [-0.1, -0.05) is 5.11 Å². The van der Waals surface area contributed by atoms with Gasteiger partial charge in [0.05, 0.1) is 50.6 Å². The molecule has 0 aromatic rings. The summed E-state index contributed by atoms with van der Waals surface area (Å²) in [4.78, 5) is 35.1. The third kappa shape index (κ3) is 11.1. The minimum absolute atomic E-state index is 0.0753. The lowest BCUT2D eigenvalue weighted by Gasteiger charge is -2.39. The van der Waals surface area contributed by atoms with Gasteiger partial charge in [0.15, 0.2) is 17.9 Å². The van der Waals surface area contributed by atoms with E-state index in [1.54, 1.807) is 9.80 Å². The van der Waals surface area contributed by atoms with Crippen molar-refractivity contribution in [1.82, 2.24) is 19.6 Å². The molecule has 0 saturated carbocycles. The van der Waals surface area contributed by atoms with Gasteiger partial charge in [-0.25, -0.2) is 0 Å². The molecule has 22 heteroatoms. The molecule has 18 nitrogen and oxygen atoms in total. The molecule has 4 aliphatic rings. The zero-order valence-electron chi connectivity index (χ0n) is 26.7. The zero-order valence-corrected chi connectivity index (χ0v) is 26.7. The third-order valence-electron chi connectivity index (χ3n) is 7.90. The molecule has 4 fully saturated rings. The highest BCUT2D eigenvalue weighted by atomic mass is 16.5. The summed E-state index contributed by atoms with van der Waals surface area (Å²) < 4.78 is 23.1. The molecule has 6 N–H and O–H groups in total. The second-order valence-corrected chi connectivity index (χ2v) is 11.8. The first-order valence-electron chi connectivity index (χ1n) is 15.4. The van der Waals surface area contributed by atoms with Crippen LogP contribution in [0, 0.1) is 0 Å². The van der Waals surface area contributed by atoms with E-state index in [9.17, 15) is 4.79 Å². The summed E-state index contributed by atoms with van der Waals surface area (Å²) in [6.45, 7) is 5.16. The molecule has 0 bridgehead atoms. The summed E-state index contributed by atoms with van der Waals surface area (Å²) in [6.07, 6.45) is -1.59. The van der Waals surface area contributed by atoms with Crippen molar-refractivity contribution in [3.63, 3.8) is 0 Å². The smallest absolute Gasteiger partial charge is 0.219 e. The molecule has 4 saturated heterocycles. The van der Waals surface area contributed by atoms with Crippen molar-refractivity contribution in [2.45, 2.75) is 55.4 Å². The molecule has 248 valence electrons. The Kier molecular flexibility index (Phi) is 13.4. The van der Waals surface area contributed by atoms with Gasteiger partial charge in [0, 0.05) is 88.2 Å². The molecule has 8 radical (unpaired) electrons. The summed E-state index contributed by atoms with van der Waals surface area (Å²) in [6, 6.07) is -2.43. The fourth-order valence-corrected chi connectivity index (χ4v) is 5.72. The van der Waals surface area contributed by atoms with Gasteiger partial charge in [-0.3, -0.25) is 19.8 Å². The molecule has 8 unspecified atom stereocenters. The number of nitrogens with zero attached hydrogens (tertiary/aromatic N) is 10. The molecule has 8 atom stereocenters. The van der Waals surface area contributed by atoms with E-state index in [4.69, 9.17) is 73.1 Å². The molecule has 4 aliphatic heterocycles. The van der Waals surface area contributed by atoms with Crippen LogP contribution in [0.5, 0.6) is 0 Å². The van der Waals surface area contributed by atoms with Crippen LogP contribution in [0.25, 0.3) is 10.4 Å². The van der Waals surface area contributed by atoms with E-state index in [0.29, 0.717) is 52.4 Å². The number of guanidine groups is 3. The molecule has 4 heterocycles. The molecular weight excluding hydrogens is 606 g/mol. The van der Waals surface area contributed by atoms with Crippen molar-refractivity contribution < 1.29 is 23.7 Å². The van der Waals surface area contributed by atoms with Crippen molar-refractivity contribution in [3.05, 3.63) is 10.4 Å². The van der Waals surface area contributed by atoms with E-state index in [1.807, 2.05) is 9.80 Å². The number of hydrogen-bond acceptors (Lipinski definition) is 9. The van der Waals surface area contributed by atoms with E-state index in [-0.39, 0.29) is 56.1 Å². The van der Waals surface area contributed by atoms with Crippen LogP contribution in [0.1, 0.15) is 6.92 Å². The number of amides is 1. The quantitative estimate of drug-likeness (QED) is 0.0569. The average Bonchev–Trinajstić information content (AvgIpc) is 3.03. The Balaban J connectivity index is 1.29. The predicted octanol–water partition coefficient (Wildman–Crippen LogP) is -4.43. The standard InChI is InChI=1S/C25H41B4N13O5/c1-14(43)39-6-15(44-19(26)10-39)2-34-23(30)40-7-16(45-20(27)11-40)3-35-24(31)41-8-17(46-21(28)12-41)4-36-25(32)42-9-18(5-37-38-33)47-22(29)13-42/h15-22H,2-13H2,1H3,(H2,30,34)(H2,31,35)(H2,32,36). The van der Waals surface area contributed by atoms with Crippen LogP contribution in [0.2, 0.25) is 0 Å². The van der Waals surface area contributed by atoms with E-state index in [1.165, 1.54) is 6.92 Å². The first-order chi connectivity index (χ1) is 22.4. The topological polar surface area (TPSA) is 231 Å². The predicted molar refractivity (Wildman–Crippen MR) is 178 cm³/mol. The van der Waals surface area contributed by atoms with E-state index in [0.717, 1.165) is 0 Å². The van der Waals surface area contributed by atoms with Crippen LogP contribution in [-0.2, 0) is 23.7 Å². The molecular formula is C25H41B4N13O5. The van der Waals surface area contributed by atoms with Gasteiger partial charge in [0.25, 0.3) is 0 Å².